The lowest BCUT2D eigenvalue weighted by Gasteiger charge is -2.17. The molecular weight excluding hydrogens is 279 g/mol. The number of thioether (sulfide) groups is 1. The molecule has 0 aliphatic rings. The van der Waals surface area contributed by atoms with Crippen molar-refractivity contribution in [2.75, 3.05) is 0 Å². The first kappa shape index (κ1) is 10.4. The van der Waals surface area contributed by atoms with E-state index >= 15 is 0 Å². The van der Waals surface area contributed by atoms with Crippen molar-refractivity contribution in [3.05, 3.63) is 27.8 Å². The van der Waals surface area contributed by atoms with Gasteiger partial charge in [-0.2, -0.15) is 0 Å². The molecule has 0 spiro atoms. The molecular formula is C10H13IS. The average molecular weight is 292 g/mol. The summed E-state index contributed by atoms with van der Waals surface area (Å²) >= 11 is 4.23. The number of hydrogen-bond acceptors (Lipinski definition) is 1. The summed E-state index contributed by atoms with van der Waals surface area (Å²) in [5.41, 5.74) is 0. The van der Waals surface area contributed by atoms with Crippen LogP contribution in [0.4, 0.5) is 0 Å². The molecule has 0 saturated carbocycles. The SMILES string of the molecule is CC(C)(C)Sc1ccc(I)cc1. The lowest BCUT2D eigenvalue weighted by atomic mass is 10.3. The van der Waals surface area contributed by atoms with Gasteiger partial charge in [0.1, 0.15) is 0 Å². The summed E-state index contributed by atoms with van der Waals surface area (Å²) < 4.78 is 1.61. The highest BCUT2D eigenvalue weighted by Gasteiger charge is 2.11. The minimum atomic E-state index is 0.312. The summed E-state index contributed by atoms with van der Waals surface area (Å²) in [7, 11) is 0. The molecule has 1 aromatic rings. The Balaban J connectivity index is 2.71. The van der Waals surface area contributed by atoms with E-state index in [0.29, 0.717) is 4.75 Å². The maximum Gasteiger partial charge on any atom is 0.0131 e. The van der Waals surface area contributed by atoms with Gasteiger partial charge in [-0.05, 0) is 46.9 Å². The molecule has 0 aliphatic carbocycles. The zero-order valence-electron chi connectivity index (χ0n) is 7.60. The molecule has 1 aromatic carbocycles. The Labute approximate surface area is 92.3 Å². The topological polar surface area (TPSA) is 0 Å². The van der Waals surface area contributed by atoms with E-state index in [4.69, 9.17) is 0 Å². The summed E-state index contributed by atoms with van der Waals surface area (Å²) in [4.78, 5) is 1.35. The van der Waals surface area contributed by atoms with E-state index < -0.39 is 0 Å². The predicted molar refractivity (Wildman–Crippen MR) is 64.8 cm³/mol. The van der Waals surface area contributed by atoms with Gasteiger partial charge in [-0.25, -0.2) is 0 Å². The van der Waals surface area contributed by atoms with E-state index in [2.05, 4.69) is 67.6 Å². The zero-order chi connectivity index (χ0) is 9.19. The van der Waals surface area contributed by atoms with Crippen molar-refractivity contribution in [1.29, 1.82) is 0 Å². The summed E-state index contributed by atoms with van der Waals surface area (Å²) in [5.74, 6) is 0. The summed E-state index contributed by atoms with van der Waals surface area (Å²) in [5, 5.41) is 0. The van der Waals surface area contributed by atoms with Crippen LogP contribution in [0.15, 0.2) is 29.2 Å². The van der Waals surface area contributed by atoms with Crippen LogP contribution < -0.4 is 0 Å². The van der Waals surface area contributed by atoms with Crippen molar-refractivity contribution in [2.24, 2.45) is 0 Å². The Kier molecular flexibility index (Phi) is 3.47. The lowest BCUT2D eigenvalue weighted by molar-refractivity contribution is 0.803. The second-order valence-corrected chi connectivity index (χ2v) is 6.81. The molecule has 0 bridgehead atoms. The minimum Gasteiger partial charge on any atom is -0.120 e. The van der Waals surface area contributed by atoms with E-state index in [-0.39, 0.29) is 0 Å². The third-order valence-corrected chi connectivity index (χ3v) is 3.08. The summed E-state index contributed by atoms with van der Waals surface area (Å²) in [6, 6.07) is 8.65. The second-order valence-electron chi connectivity index (χ2n) is 3.67. The highest BCUT2D eigenvalue weighted by atomic mass is 127. The molecule has 1 rings (SSSR count). The summed E-state index contributed by atoms with van der Waals surface area (Å²) in [6.45, 7) is 6.70. The van der Waals surface area contributed by atoms with Gasteiger partial charge in [0.15, 0.2) is 0 Å². The van der Waals surface area contributed by atoms with Crippen LogP contribution in [0.5, 0.6) is 0 Å². The smallest absolute Gasteiger partial charge is 0.0131 e. The fourth-order valence-electron chi connectivity index (χ4n) is 0.856. The number of hydrogen-bond donors (Lipinski definition) is 0. The molecule has 0 fully saturated rings. The van der Waals surface area contributed by atoms with Crippen LogP contribution in [0.1, 0.15) is 20.8 Å². The van der Waals surface area contributed by atoms with E-state index in [0.717, 1.165) is 0 Å². The Bertz CT molecular complexity index is 246. The fourth-order valence-corrected chi connectivity index (χ4v) is 2.20. The van der Waals surface area contributed by atoms with Crippen LogP contribution >= 0.6 is 34.4 Å². The van der Waals surface area contributed by atoms with Crippen molar-refractivity contribution < 1.29 is 0 Å². The van der Waals surface area contributed by atoms with Gasteiger partial charge in [0, 0.05) is 13.2 Å². The largest absolute Gasteiger partial charge is 0.120 e. The van der Waals surface area contributed by atoms with Crippen LogP contribution in [-0.4, -0.2) is 4.75 Å². The van der Waals surface area contributed by atoms with Crippen molar-refractivity contribution in [3.63, 3.8) is 0 Å². The molecule has 0 nitrogen and oxygen atoms in total. The van der Waals surface area contributed by atoms with Crippen molar-refractivity contribution in [1.82, 2.24) is 0 Å². The normalized spacial score (nSPS) is 11.7. The van der Waals surface area contributed by atoms with E-state index in [1.54, 1.807) is 0 Å². The Hall–Kier alpha value is 0.300. The first-order chi connectivity index (χ1) is 5.47. The third-order valence-electron chi connectivity index (χ3n) is 1.24. The molecule has 0 atom stereocenters. The Morgan fingerprint density at radius 3 is 2.00 bits per heavy atom. The molecule has 12 heavy (non-hydrogen) atoms. The number of benzene rings is 1. The lowest BCUT2D eigenvalue weighted by Crippen LogP contribution is -2.06. The monoisotopic (exact) mass is 292 g/mol. The van der Waals surface area contributed by atoms with Crippen molar-refractivity contribution in [3.8, 4) is 0 Å². The molecule has 0 aromatic heterocycles. The van der Waals surface area contributed by atoms with Gasteiger partial charge >= 0.3 is 0 Å². The van der Waals surface area contributed by atoms with Crippen LogP contribution in [0.3, 0.4) is 0 Å². The molecule has 0 amide bonds. The Morgan fingerprint density at radius 1 is 1.08 bits per heavy atom. The fraction of sp³-hybridized carbons (Fsp3) is 0.400. The molecule has 66 valence electrons. The predicted octanol–water partition coefficient (Wildman–Crippen LogP) is 4.18. The van der Waals surface area contributed by atoms with E-state index in [1.165, 1.54) is 8.47 Å². The van der Waals surface area contributed by atoms with Crippen LogP contribution in [0, 0.1) is 3.57 Å². The van der Waals surface area contributed by atoms with Crippen LogP contribution in [0.2, 0.25) is 0 Å². The highest BCUT2D eigenvalue weighted by Crippen LogP contribution is 2.31. The standard InChI is InChI=1S/C10H13IS/c1-10(2,3)12-9-6-4-8(11)5-7-9/h4-7H,1-3H3. The molecule has 0 unspecified atom stereocenters. The van der Waals surface area contributed by atoms with Crippen LogP contribution in [-0.2, 0) is 0 Å². The van der Waals surface area contributed by atoms with Gasteiger partial charge in [0.05, 0.1) is 0 Å². The Morgan fingerprint density at radius 2 is 1.58 bits per heavy atom. The maximum atomic E-state index is 2.32. The van der Waals surface area contributed by atoms with Gasteiger partial charge in [-0.15, -0.1) is 11.8 Å². The molecule has 2 heteroatoms. The van der Waals surface area contributed by atoms with E-state index in [9.17, 15) is 0 Å². The quantitative estimate of drug-likeness (QED) is 0.552. The van der Waals surface area contributed by atoms with Gasteiger partial charge < -0.3 is 0 Å². The second kappa shape index (κ2) is 4.01. The molecule has 0 radical (unpaired) electrons. The van der Waals surface area contributed by atoms with Gasteiger partial charge in [0.2, 0.25) is 0 Å². The first-order valence-corrected chi connectivity index (χ1v) is 5.81. The van der Waals surface area contributed by atoms with E-state index in [1.807, 2.05) is 11.8 Å². The van der Waals surface area contributed by atoms with Gasteiger partial charge in [-0.3, -0.25) is 0 Å². The first-order valence-electron chi connectivity index (χ1n) is 3.92. The van der Waals surface area contributed by atoms with Gasteiger partial charge in [-0.1, -0.05) is 20.8 Å². The van der Waals surface area contributed by atoms with Crippen molar-refractivity contribution >= 4 is 34.4 Å². The number of halogens is 1. The van der Waals surface area contributed by atoms with Gasteiger partial charge in [0.25, 0.3) is 0 Å². The maximum absolute atomic E-state index is 2.32. The molecule has 0 heterocycles. The van der Waals surface area contributed by atoms with Crippen molar-refractivity contribution in [2.45, 2.75) is 30.4 Å². The summed E-state index contributed by atoms with van der Waals surface area (Å²) in [6.07, 6.45) is 0. The highest BCUT2D eigenvalue weighted by molar-refractivity contribution is 14.1. The number of rotatable bonds is 1. The molecule has 0 aliphatic heterocycles. The zero-order valence-corrected chi connectivity index (χ0v) is 10.6. The average Bonchev–Trinajstić information content (AvgIpc) is 1.91. The minimum absolute atomic E-state index is 0.312. The molecule has 0 saturated heterocycles. The van der Waals surface area contributed by atoms with Crippen LogP contribution in [0.25, 0.3) is 0 Å². The third kappa shape index (κ3) is 3.81. The molecule has 0 N–H and O–H groups in total.